The van der Waals surface area contributed by atoms with Gasteiger partial charge in [0.15, 0.2) is 18.4 Å². The molecule has 4 heteroatoms. The first-order chi connectivity index (χ1) is 6.65. The molecule has 1 rings (SSSR count). The molecule has 0 aromatic heterocycles. The van der Waals surface area contributed by atoms with Crippen LogP contribution in [0, 0.1) is 5.82 Å². The smallest absolute Gasteiger partial charge is 0.188 e. The SMILES string of the molecule is COCOc1ccc([C@@H](C)N)cc1F. The molecular formula is C10H14FNO2. The zero-order valence-electron chi connectivity index (χ0n) is 8.29. The Balaban J connectivity index is 2.79. The van der Waals surface area contributed by atoms with Crippen molar-refractivity contribution in [2.45, 2.75) is 13.0 Å². The molecule has 0 unspecified atom stereocenters. The Labute approximate surface area is 82.6 Å². The second-order valence-electron chi connectivity index (χ2n) is 3.03. The van der Waals surface area contributed by atoms with Gasteiger partial charge in [0, 0.05) is 13.2 Å². The molecule has 0 saturated heterocycles. The van der Waals surface area contributed by atoms with Crippen LogP contribution in [0.5, 0.6) is 5.75 Å². The van der Waals surface area contributed by atoms with E-state index in [0.29, 0.717) is 0 Å². The van der Waals surface area contributed by atoms with Crippen molar-refractivity contribution in [2.75, 3.05) is 13.9 Å². The lowest BCUT2D eigenvalue weighted by molar-refractivity contribution is 0.0482. The van der Waals surface area contributed by atoms with Gasteiger partial charge in [0.05, 0.1) is 0 Å². The lowest BCUT2D eigenvalue weighted by Gasteiger charge is -2.09. The number of ether oxygens (including phenoxy) is 2. The Morgan fingerprint density at radius 1 is 1.50 bits per heavy atom. The summed E-state index contributed by atoms with van der Waals surface area (Å²) in [7, 11) is 1.48. The Kier molecular flexibility index (Phi) is 3.85. The third kappa shape index (κ3) is 2.68. The van der Waals surface area contributed by atoms with Crippen LogP contribution in [-0.2, 0) is 4.74 Å². The van der Waals surface area contributed by atoms with Crippen molar-refractivity contribution in [3.63, 3.8) is 0 Å². The quantitative estimate of drug-likeness (QED) is 0.752. The van der Waals surface area contributed by atoms with Crippen LogP contribution in [0.4, 0.5) is 4.39 Å². The Bertz CT molecular complexity index is 302. The molecule has 0 spiro atoms. The van der Waals surface area contributed by atoms with E-state index in [2.05, 4.69) is 4.74 Å². The van der Waals surface area contributed by atoms with Crippen molar-refractivity contribution in [2.24, 2.45) is 5.73 Å². The highest BCUT2D eigenvalue weighted by Crippen LogP contribution is 2.20. The summed E-state index contributed by atoms with van der Waals surface area (Å²) in [4.78, 5) is 0. The molecule has 1 aromatic rings. The van der Waals surface area contributed by atoms with Gasteiger partial charge in [-0.3, -0.25) is 0 Å². The van der Waals surface area contributed by atoms with Gasteiger partial charge in [-0.05, 0) is 24.6 Å². The summed E-state index contributed by atoms with van der Waals surface area (Å²) in [5.41, 5.74) is 6.34. The zero-order chi connectivity index (χ0) is 10.6. The molecule has 14 heavy (non-hydrogen) atoms. The zero-order valence-corrected chi connectivity index (χ0v) is 8.29. The van der Waals surface area contributed by atoms with Crippen molar-refractivity contribution in [1.82, 2.24) is 0 Å². The van der Waals surface area contributed by atoms with E-state index in [-0.39, 0.29) is 18.6 Å². The van der Waals surface area contributed by atoms with Crippen molar-refractivity contribution >= 4 is 0 Å². The van der Waals surface area contributed by atoms with Crippen LogP contribution in [0.3, 0.4) is 0 Å². The molecule has 0 bridgehead atoms. The first-order valence-electron chi connectivity index (χ1n) is 4.32. The van der Waals surface area contributed by atoms with Crippen LogP contribution in [0.15, 0.2) is 18.2 Å². The van der Waals surface area contributed by atoms with Crippen LogP contribution in [0.1, 0.15) is 18.5 Å². The van der Waals surface area contributed by atoms with Crippen LogP contribution < -0.4 is 10.5 Å². The molecule has 2 N–H and O–H groups in total. The third-order valence-corrected chi connectivity index (χ3v) is 1.81. The number of hydrogen-bond acceptors (Lipinski definition) is 3. The predicted molar refractivity (Wildman–Crippen MR) is 51.5 cm³/mol. The Morgan fingerprint density at radius 3 is 2.71 bits per heavy atom. The van der Waals surface area contributed by atoms with Gasteiger partial charge >= 0.3 is 0 Å². The molecule has 0 amide bonds. The summed E-state index contributed by atoms with van der Waals surface area (Å²) in [6.07, 6.45) is 0. The van der Waals surface area contributed by atoms with E-state index in [1.54, 1.807) is 19.1 Å². The van der Waals surface area contributed by atoms with Crippen LogP contribution in [0.2, 0.25) is 0 Å². The predicted octanol–water partition coefficient (Wildman–Crippen LogP) is 1.83. The van der Waals surface area contributed by atoms with E-state index < -0.39 is 5.82 Å². The maximum absolute atomic E-state index is 13.3. The minimum Gasteiger partial charge on any atom is -0.464 e. The lowest BCUT2D eigenvalue weighted by Crippen LogP contribution is -2.06. The molecule has 78 valence electrons. The van der Waals surface area contributed by atoms with Crippen molar-refractivity contribution in [3.8, 4) is 5.75 Å². The van der Waals surface area contributed by atoms with Gasteiger partial charge in [-0.2, -0.15) is 0 Å². The summed E-state index contributed by atoms with van der Waals surface area (Å²) >= 11 is 0. The molecule has 0 heterocycles. The second-order valence-corrected chi connectivity index (χ2v) is 3.03. The maximum Gasteiger partial charge on any atom is 0.188 e. The first kappa shape index (κ1) is 10.9. The monoisotopic (exact) mass is 199 g/mol. The molecule has 0 fully saturated rings. The molecule has 0 aliphatic carbocycles. The fourth-order valence-electron chi connectivity index (χ4n) is 1.04. The fraction of sp³-hybridized carbons (Fsp3) is 0.400. The van der Waals surface area contributed by atoms with E-state index >= 15 is 0 Å². The highest BCUT2D eigenvalue weighted by molar-refractivity contribution is 5.30. The number of nitrogens with two attached hydrogens (primary N) is 1. The summed E-state index contributed by atoms with van der Waals surface area (Å²) < 4.78 is 22.9. The number of halogens is 1. The van der Waals surface area contributed by atoms with Gasteiger partial charge in [0.2, 0.25) is 0 Å². The standard InChI is InChI=1S/C10H14FNO2/c1-7(12)8-3-4-10(9(11)5-8)14-6-13-2/h3-5,7H,6,12H2,1-2H3/t7-/m1/s1. The number of methoxy groups -OCH3 is 1. The Morgan fingerprint density at radius 2 is 2.21 bits per heavy atom. The Hall–Kier alpha value is -1.13. The summed E-state index contributed by atoms with van der Waals surface area (Å²) in [5.74, 6) is -0.242. The summed E-state index contributed by atoms with van der Waals surface area (Å²) in [6.45, 7) is 1.83. The van der Waals surface area contributed by atoms with Gasteiger partial charge in [-0.15, -0.1) is 0 Å². The lowest BCUT2D eigenvalue weighted by atomic mass is 10.1. The van der Waals surface area contributed by atoms with E-state index in [1.807, 2.05) is 0 Å². The topological polar surface area (TPSA) is 44.5 Å². The van der Waals surface area contributed by atoms with Crippen molar-refractivity contribution < 1.29 is 13.9 Å². The van der Waals surface area contributed by atoms with Crippen molar-refractivity contribution in [1.29, 1.82) is 0 Å². The molecular weight excluding hydrogens is 185 g/mol. The minimum absolute atomic E-state index is 0.0362. The fourth-order valence-corrected chi connectivity index (χ4v) is 1.04. The van der Waals surface area contributed by atoms with Gasteiger partial charge in [-0.1, -0.05) is 6.07 Å². The second kappa shape index (κ2) is 4.93. The average Bonchev–Trinajstić information content (AvgIpc) is 2.15. The molecule has 0 aliphatic heterocycles. The summed E-state index contributed by atoms with van der Waals surface area (Å²) in [5, 5.41) is 0. The minimum atomic E-state index is -0.420. The largest absolute Gasteiger partial charge is 0.464 e. The highest BCUT2D eigenvalue weighted by atomic mass is 19.1. The maximum atomic E-state index is 13.3. The number of benzene rings is 1. The number of rotatable bonds is 4. The first-order valence-corrected chi connectivity index (χ1v) is 4.32. The molecule has 3 nitrogen and oxygen atoms in total. The van der Waals surface area contributed by atoms with Gasteiger partial charge in [0.1, 0.15) is 0 Å². The average molecular weight is 199 g/mol. The van der Waals surface area contributed by atoms with Crippen LogP contribution in [-0.4, -0.2) is 13.9 Å². The third-order valence-electron chi connectivity index (χ3n) is 1.81. The van der Waals surface area contributed by atoms with Gasteiger partial charge in [-0.25, -0.2) is 4.39 Å². The van der Waals surface area contributed by atoms with E-state index in [1.165, 1.54) is 13.2 Å². The molecule has 1 aromatic carbocycles. The van der Waals surface area contributed by atoms with Crippen molar-refractivity contribution in [3.05, 3.63) is 29.6 Å². The normalized spacial score (nSPS) is 12.6. The van der Waals surface area contributed by atoms with E-state index in [0.717, 1.165) is 5.56 Å². The van der Waals surface area contributed by atoms with Gasteiger partial charge in [0.25, 0.3) is 0 Å². The molecule has 0 aliphatic rings. The van der Waals surface area contributed by atoms with E-state index in [4.69, 9.17) is 10.5 Å². The van der Waals surface area contributed by atoms with Crippen LogP contribution in [0.25, 0.3) is 0 Å². The molecule has 0 saturated carbocycles. The number of hydrogen-bond donors (Lipinski definition) is 1. The van der Waals surface area contributed by atoms with Crippen LogP contribution >= 0.6 is 0 Å². The molecule has 0 radical (unpaired) electrons. The highest BCUT2D eigenvalue weighted by Gasteiger charge is 2.06. The summed E-state index contributed by atoms with van der Waals surface area (Å²) in [6, 6.07) is 4.47. The molecule has 1 atom stereocenters. The van der Waals surface area contributed by atoms with E-state index in [9.17, 15) is 4.39 Å². The van der Waals surface area contributed by atoms with Gasteiger partial charge < -0.3 is 15.2 Å².